The Morgan fingerprint density at radius 3 is 2.95 bits per heavy atom. The predicted octanol–water partition coefficient (Wildman–Crippen LogP) is 0.587. The Balaban J connectivity index is 2.04. The van der Waals surface area contributed by atoms with E-state index >= 15 is 0 Å². The molecule has 0 saturated carbocycles. The zero-order valence-corrected chi connectivity index (χ0v) is 13.0. The van der Waals surface area contributed by atoms with Crippen LogP contribution in [0, 0.1) is 0 Å². The molecular weight excluding hydrogens is 296 g/mol. The second kappa shape index (κ2) is 6.44. The highest BCUT2D eigenvalue weighted by Gasteiger charge is 2.29. The number of rotatable bonds is 5. The molecule has 0 spiro atoms. The maximum absolute atomic E-state index is 12.3. The van der Waals surface area contributed by atoms with E-state index in [2.05, 4.69) is 14.6 Å². The molecule has 8 nitrogen and oxygen atoms in total. The van der Waals surface area contributed by atoms with Crippen LogP contribution in [0.3, 0.4) is 0 Å². The monoisotopic (exact) mass is 316 g/mol. The van der Waals surface area contributed by atoms with Crippen LogP contribution in [-0.4, -0.2) is 48.2 Å². The number of carbonyl (C=O) groups excluding carboxylic acids is 1. The van der Waals surface area contributed by atoms with Crippen molar-refractivity contribution in [1.82, 2.24) is 14.1 Å². The van der Waals surface area contributed by atoms with Gasteiger partial charge in [-0.15, -0.1) is 0 Å². The minimum Gasteiger partial charge on any atom is -0.468 e. The van der Waals surface area contributed by atoms with Crippen molar-refractivity contribution < 1.29 is 17.9 Å². The predicted molar refractivity (Wildman–Crippen MR) is 76.8 cm³/mol. The molecule has 1 atom stereocenters. The lowest BCUT2D eigenvalue weighted by molar-refractivity contribution is -0.141. The van der Waals surface area contributed by atoms with Gasteiger partial charge in [0.15, 0.2) is 0 Å². The van der Waals surface area contributed by atoms with Crippen LogP contribution in [0.5, 0.6) is 0 Å². The molecule has 1 aromatic rings. The maximum Gasteiger partial charge on any atom is 0.327 e. The fourth-order valence-corrected chi connectivity index (χ4v) is 3.81. The first kappa shape index (κ1) is 15.8. The Kier molecular flexibility index (Phi) is 4.84. The number of nitrogens with zero attached hydrogens (tertiary/aromatic N) is 3. The first-order chi connectivity index (χ1) is 9.92. The number of carbonyl (C=O) groups is 1. The molecular formula is C12H20N4O4S. The quantitative estimate of drug-likeness (QED) is 0.802. The van der Waals surface area contributed by atoms with Gasteiger partial charge in [0.25, 0.3) is 0 Å². The summed E-state index contributed by atoms with van der Waals surface area (Å²) < 4.78 is 34.5. The normalized spacial score (nSPS) is 20.2. The molecule has 1 fully saturated rings. The van der Waals surface area contributed by atoms with E-state index in [4.69, 9.17) is 0 Å². The van der Waals surface area contributed by atoms with Gasteiger partial charge in [-0.1, -0.05) is 6.42 Å². The smallest absolute Gasteiger partial charge is 0.327 e. The Morgan fingerprint density at radius 1 is 1.52 bits per heavy atom. The zero-order chi connectivity index (χ0) is 15.5. The topological polar surface area (TPSA) is 93.5 Å². The third kappa shape index (κ3) is 3.94. The molecule has 2 heterocycles. The number of esters is 1. The van der Waals surface area contributed by atoms with Gasteiger partial charge in [0.05, 0.1) is 19.0 Å². The Labute approximate surface area is 124 Å². The van der Waals surface area contributed by atoms with Crippen molar-refractivity contribution in [3.05, 3.63) is 12.4 Å². The van der Waals surface area contributed by atoms with Crippen LogP contribution in [-0.2, 0) is 26.3 Å². The molecule has 0 aliphatic carbocycles. The molecule has 1 N–H and O–H groups in total. The third-order valence-electron chi connectivity index (χ3n) is 3.45. The van der Waals surface area contributed by atoms with Crippen molar-refractivity contribution in [3.8, 4) is 0 Å². The Bertz CT molecular complexity index is 598. The molecule has 0 aromatic carbocycles. The maximum atomic E-state index is 12.3. The van der Waals surface area contributed by atoms with Crippen molar-refractivity contribution in [2.24, 2.45) is 0 Å². The number of hydrogen-bond acceptors (Lipinski definition) is 5. The molecule has 1 aromatic heterocycles. The van der Waals surface area contributed by atoms with E-state index in [1.807, 2.05) is 6.92 Å². The summed E-state index contributed by atoms with van der Waals surface area (Å²) >= 11 is 0. The highest BCUT2D eigenvalue weighted by Crippen LogP contribution is 2.21. The summed E-state index contributed by atoms with van der Waals surface area (Å²) in [5.74, 6) is -0.447. The van der Waals surface area contributed by atoms with Gasteiger partial charge in [0.1, 0.15) is 6.54 Å². The molecule has 0 amide bonds. The average Bonchev–Trinajstić information content (AvgIpc) is 2.85. The summed E-state index contributed by atoms with van der Waals surface area (Å²) in [6, 6.07) is -0.0126. The van der Waals surface area contributed by atoms with E-state index in [9.17, 15) is 13.2 Å². The molecule has 1 saturated heterocycles. The van der Waals surface area contributed by atoms with Crippen molar-refractivity contribution in [2.75, 3.05) is 18.4 Å². The average molecular weight is 316 g/mol. The fraction of sp³-hybridized carbons (Fsp3) is 0.667. The lowest BCUT2D eigenvalue weighted by atomic mass is 10.1. The van der Waals surface area contributed by atoms with E-state index in [1.54, 1.807) is 0 Å². The fourth-order valence-electron chi connectivity index (χ4n) is 2.34. The molecule has 9 heteroatoms. The van der Waals surface area contributed by atoms with Crippen LogP contribution in [0.2, 0.25) is 0 Å². The van der Waals surface area contributed by atoms with Crippen LogP contribution in [0.25, 0.3) is 0 Å². The Morgan fingerprint density at radius 2 is 2.29 bits per heavy atom. The molecule has 0 bridgehead atoms. The summed E-state index contributed by atoms with van der Waals surface area (Å²) in [6.45, 7) is 2.37. The van der Waals surface area contributed by atoms with Gasteiger partial charge < -0.3 is 4.74 Å². The van der Waals surface area contributed by atoms with E-state index in [0.29, 0.717) is 12.2 Å². The van der Waals surface area contributed by atoms with Crippen LogP contribution in [0.1, 0.15) is 26.2 Å². The van der Waals surface area contributed by atoms with Crippen molar-refractivity contribution in [2.45, 2.75) is 38.8 Å². The summed E-state index contributed by atoms with van der Waals surface area (Å²) in [5.41, 5.74) is 0.330. The summed E-state index contributed by atoms with van der Waals surface area (Å²) in [6.07, 6.45) is 5.61. The van der Waals surface area contributed by atoms with E-state index < -0.39 is 16.2 Å². The first-order valence-electron chi connectivity index (χ1n) is 6.81. The number of anilines is 1. The highest BCUT2D eigenvalue weighted by molar-refractivity contribution is 7.90. The molecule has 2 rings (SSSR count). The van der Waals surface area contributed by atoms with Gasteiger partial charge in [0.2, 0.25) is 0 Å². The molecule has 118 valence electrons. The molecule has 1 unspecified atom stereocenters. The standard InChI is InChI=1S/C12H20N4O4S/c1-10-5-3-4-6-16(10)21(18,19)14-11-7-13-15(8-11)9-12(17)20-2/h7-8,10,14H,3-6,9H2,1-2H3. The Hall–Kier alpha value is -1.61. The summed E-state index contributed by atoms with van der Waals surface area (Å²) in [5, 5.41) is 3.92. The highest BCUT2D eigenvalue weighted by atomic mass is 32.2. The van der Waals surface area contributed by atoms with Crippen LogP contribution in [0.15, 0.2) is 12.4 Å². The minimum atomic E-state index is -3.59. The van der Waals surface area contributed by atoms with Crippen LogP contribution < -0.4 is 4.72 Å². The van der Waals surface area contributed by atoms with Gasteiger partial charge >= 0.3 is 16.2 Å². The lowest BCUT2D eigenvalue weighted by Gasteiger charge is -2.32. The SMILES string of the molecule is COC(=O)Cn1cc(NS(=O)(=O)N2CCCCC2C)cn1. The van der Waals surface area contributed by atoms with Gasteiger partial charge in [0, 0.05) is 18.8 Å². The van der Waals surface area contributed by atoms with Gasteiger partial charge in [-0.2, -0.15) is 17.8 Å². The molecule has 1 aliphatic rings. The van der Waals surface area contributed by atoms with E-state index in [0.717, 1.165) is 19.3 Å². The number of ether oxygens (including phenoxy) is 1. The number of piperidine rings is 1. The lowest BCUT2D eigenvalue weighted by Crippen LogP contribution is -2.44. The van der Waals surface area contributed by atoms with Crippen molar-refractivity contribution in [1.29, 1.82) is 0 Å². The first-order valence-corrected chi connectivity index (χ1v) is 8.25. The number of hydrogen-bond donors (Lipinski definition) is 1. The summed E-state index contributed by atoms with van der Waals surface area (Å²) in [7, 11) is -2.31. The van der Waals surface area contributed by atoms with Gasteiger partial charge in [-0.3, -0.25) is 14.2 Å². The van der Waals surface area contributed by atoms with E-state index in [1.165, 1.54) is 28.5 Å². The van der Waals surface area contributed by atoms with E-state index in [-0.39, 0.29) is 12.6 Å². The van der Waals surface area contributed by atoms with Gasteiger partial charge in [-0.25, -0.2) is 0 Å². The molecule has 1 aliphatic heterocycles. The second-order valence-corrected chi connectivity index (χ2v) is 6.69. The van der Waals surface area contributed by atoms with Crippen LogP contribution >= 0.6 is 0 Å². The van der Waals surface area contributed by atoms with Crippen molar-refractivity contribution in [3.63, 3.8) is 0 Å². The number of aromatic nitrogens is 2. The van der Waals surface area contributed by atoms with Crippen LogP contribution in [0.4, 0.5) is 5.69 Å². The molecule has 21 heavy (non-hydrogen) atoms. The van der Waals surface area contributed by atoms with Crippen molar-refractivity contribution >= 4 is 21.9 Å². The van der Waals surface area contributed by atoms with Gasteiger partial charge in [-0.05, 0) is 19.8 Å². The number of nitrogens with one attached hydrogen (secondary N) is 1. The second-order valence-electron chi connectivity index (χ2n) is 5.07. The summed E-state index contributed by atoms with van der Waals surface area (Å²) in [4.78, 5) is 11.1. The third-order valence-corrected chi connectivity index (χ3v) is 5.10. The minimum absolute atomic E-state index is 0.0126. The zero-order valence-electron chi connectivity index (χ0n) is 12.2. The largest absolute Gasteiger partial charge is 0.468 e. The number of methoxy groups -OCH3 is 1. The molecule has 0 radical (unpaired) electrons.